The number of nitrogens with one attached hydrogen (secondary N) is 1. The Balaban J connectivity index is 1.91. The van der Waals surface area contributed by atoms with Crippen molar-refractivity contribution in [2.75, 3.05) is 44.7 Å². The summed E-state index contributed by atoms with van der Waals surface area (Å²) in [5.41, 5.74) is 2.43. The van der Waals surface area contributed by atoms with Crippen LogP contribution in [-0.2, 0) is 11.2 Å². The predicted octanol–water partition coefficient (Wildman–Crippen LogP) is 1.51. The highest BCUT2D eigenvalue weighted by Crippen LogP contribution is 2.14. The van der Waals surface area contributed by atoms with Crippen LogP contribution in [0.4, 0.5) is 5.69 Å². The molecule has 0 radical (unpaired) electrons. The van der Waals surface area contributed by atoms with Gasteiger partial charge in [0.2, 0.25) is 5.91 Å². The van der Waals surface area contributed by atoms with Crippen molar-refractivity contribution < 1.29 is 4.79 Å². The van der Waals surface area contributed by atoms with Gasteiger partial charge in [-0.15, -0.1) is 0 Å². The molecule has 1 fully saturated rings. The van der Waals surface area contributed by atoms with E-state index in [4.69, 9.17) is 0 Å². The Morgan fingerprint density at radius 1 is 1.25 bits per heavy atom. The second-order valence-electron chi connectivity index (χ2n) is 5.36. The predicted molar refractivity (Wildman–Crippen MR) is 83.2 cm³/mol. The molecule has 2 rings (SSSR count). The van der Waals surface area contributed by atoms with Crippen molar-refractivity contribution in [3.8, 4) is 0 Å². The molecule has 1 aliphatic rings. The summed E-state index contributed by atoms with van der Waals surface area (Å²) in [7, 11) is 1.98. The number of carbonyl (C=O) groups is 1. The van der Waals surface area contributed by atoms with Crippen LogP contribution in [0, 0.1) is 0 Å². The summed E-state index contributed by atoms with van der Waals surface area (Å²) < 4.78 is 0. The van der Waals surface area contributed by atoms with Crippen molar-refractivity contribution in [1.82, 2.24) is 10.2 Å². The zero-order chi connectivity index (χ0) is 14.4. The van der Waals surface area contributed by atoms with Crippen LogP contribution in [0.15, 0.2) is 24.3 Å². The number of anilines is 1. The van der Waals surface area contributed by atoms with Gasteiger partial charge in [-0.1, -0.05) is 19.1 Å². The second-order valence-corrected chi connectivity index (χ2v) is 5.36. The third-order valence-electron chi connectivity index (χ3n) is 3.85. The molecule has 1 heterocycles. The molecule has 1 N–H and O–H groups in total. The van der Waals surface area contributed by atoms with Crippen LogP contribution < -0.4 is 10.2 Å². The van der Waals surface area contributed by atoms with Crippen molar-refractivity contribution in [1.29, 1.82) is 0 Å². The van der Waals surface area contributed by atoms with E-state index in [2.05, 4.69) is 36.5 Å². The average molecular weight is 275 g/mol. The van der Waals surface area contributed by atoms with Crippen LogP contribution in [0.3, 0.4) is 0 Å². The lowest BCUT2D eigenvalue weighted by atomic mass is 10.1. The molecule has 0 spiro atoms. The number of amides is 1. The molecule has 0 aromatic heterocycles. The van der Waals surface area contributed by atoms with Gasteiger partial charge in [0.25, 0.3) is 0 Å². The van der Waals surface area contributed by atoms with E-state index >= 15 is 0 Å². The van der Waals surface area contributed by atoms with Crippen LogP contribution in [0.5, 0.6) is 0 Å². The summed E-state index contributed by atoms with van der Waals surface area (Å²) in [6.07, 6.45) is 2.09. The molecule has 110 valence electrons. The first-order chi connectivity index (χ1) is 9.70. The Morgan fingerprint density at radius 2 is 2.00 bits per heavy atom. The molecule has 0 atom stereocenters. The highest BCUT2D eigenvalue weighted by Gasteiger charge is 2.16. The topological polar surface area (TPSA) is 35.6 Å². The molecule has 0 bridgehead atoms. The first-order valence-corrected chi connectivity index (χ1v) is 7.49. The molecule has 1 saturated heterocycles. The Labute approximate surface area is 121 Å². The lowest BCUT2D eigenvalue weighted by Gasteiger charge is -2.25. The average Bonchev–Trinajstić information content (AvgIpc) is 2.76. The van der Waals surface area contributed by atoms with Gasteiger partial charge in [0.15, 0.2) is 0 Å². The molecule has 1 aromatic rings. The lowest BCUT2D eigenvalue weighted by Crippen LogP contribution is -2.40. The highest BCUT2D eigenvalue weighted by molar-refractivity contribution is 5.81. The molecule has 1 aliphatic heterocycles. The summed E-state index contributed by atoms with van der Waals surface area (Å²) in [5.74, 6) is 0.218. The molecule has 0 unspecified atom stereocenters. The summed E-state index contributed by atoms with van der Waals surface area (Å²) in [6, 6.07) is 8.45. The molecular formula is C16H25N3O. The van der Waals surface area contributed by atoms with Gasteiger partial charge < -0.3 is 15.1 Å². The summed E-state index contributed by atoms with van der Waals surface area (Å²) >= 11 is 0. The minimum atomic E-state index is 0.218. The fourth-order valence-electron chi connectivity index (χ4n) is 2.48. The number of benzene rings is 1. The van der Waals surface area contributed by atoms with Crippen LogP contribution in [0.25, 0.3) is 0 Å². The van der Waals surface area contributed by atoms with Crippen molar-refractivity contribution in [2.45, 2.75) is 19.8 Å². The monoisotopic (exact) mass is 275 g/mol. The fourth-order valence-corrected chi connectivity index (χ4v) is 2.48. The third-order valence-corrected chi connectivity index (χ3v) is 3.85. The minimum absolute atomic E-state index is 0.218. The quantitative estimate of drug-likeness (QED) is 0.904. The Morgan fingerprint density at radius 3 is 2.70 bits per heavy atom. The van der Waals surface area contributed by atoms with Crippen molar-refractivity contribution in [3.63, 3.8) is 0 Å². The lowest BCUT2D eigenvalue weighted by molar-refractivity contribution is -0.129. The summed E-state index contributed by atoms with van der Waals surface area (Å²) in [5, 5.41) is 3.32. The van der Waals surface area contributed by atoms with Crippen LogP contribution in [0.1, 0.15) is 18.9 Å². The summed E-state index contributed by atoms with van der Waals surface area (Å²) in [6.45, 7) is 6.20. The number of aryl methyl sites for hydroxylation is 1. The maximum atomic E-state index is 12.3. The summed E-state index contributed by atoms with van der Waals surface area (Å²) in [4.78, 5) is 16.3. The Kier molecular flexibility index (Phi) is 5.41. The minimum Gasteiger partial charge on any atom is -0.365 e. The number of hydrogen-bond donors (Lipinski definition) is 1. The molecule has 20 heavy (non-hydrogen) atoms. The van der Waals surface area contributed by atoms with Crippen LogP contribution in [-0.4, -0.2) is 50.6 Å². The number of likely N-dealkylation sites (N-methyl/N-ethyl adjacent to an activating group) is 1. The third kappa shape index (κ3) is 3.97. The molecule has 4 heteroatoms. The van der Waals surface area contributed by atoms with Gasteiger partial charge in [0.05, 0.1) is 6.54 Å². The van der Waals surface area contributed by atoms with E-state index in [1.54, 1.807) is 0 Å². The molecule has 1 aromatic carbocycles. The van der Waals surface area contributed by atoms with E-state index in [1.165, 1.54) is 5.56 Å². The van der Waals surface area contributed by atoms with E-state index < -0.39 is 0 Å². The van der Waals surface area contributed by atoms with Crippen molar-refractivity contribution >= 4 is 11.6 Å². The van der Waals surface area contributed by atoms with E-state index in [0.29, 0.717) is 6.54 Å². The first kappa shape index (κ1) is 14.9. The molecule has 0 aliphatic carbocycles. The van der Waals surface area contributed by atoms with Gasteiger partial charge in [-0.2, -0.15) is 0 Å². The zero-order valence-electron chi connectivity index (χ0n) is 12.6. The second kappa shape index (κ2) is 7.29. The van der Waals surface area contributed by atoms with Gasteiger partial charge >= 0.3 is 0 Å². The Hall–Kier alpha value is -1.55. The van der Waals surface area contributed by atoms with Crippen LogP contribution >= 0.6 is 0 Å². The van der Waals surface area contributed by atoms with E-state index in [1.807, 2.05) is 16.8 Å². The fraction of sp³-hybridized carbons (Fsp3) is 0.562. The number of carbonyl (C=O) groups excluding carboxylic acids is 1. The van der Waals surface area contributed by atoms with Gasteiger partial charge in [0.1, 0.15) is 0 Å². The highest BCUT2D eigenvalue weighted by atomic mass is 16.2. The standard InChI is InChI=1S/C16H25N3O/c1-3-14-5-7-15(8-6-14)18(2)13-16(20)19-11-4-9-17-10-12-19/h5-8,17H,3-4,9-13H2,1-2H3. The van der Waals surface area contributed by atoms with E-state index in [0.717, 1.165) is 44.7 Å². The smallest absolute Gasteiger partial charge is 0.242 e. The largest absolute Gasteiger partial charge is 0.365 e. The maximum Gasteiger partial charge on any atom is 0.242 e. The normalized spacial score (nSPS) is 15.8. The van der Waals surface area contributed by atoms with Gasteiger partial charge in [-0.25, -0.2) is 0 Å². The number of nitrogens with zero attached hydrogens (tertiary/aromatic N) is 2. The number of rotatable bonds is 4. The van der Waals surface area contributed by atoms with Crippen molar-refractivity contribution in [2.24, 2.45) is 0 Å². The Bertz CT molecular complexity index is 422. The maximum absolute atomic E-state index is 12.3. The van der Waals surface area contributed by atoms with Gasteiger partial charge in [0, 0.05) is 32.4 Å². The van der Waals surface area contributed by atoms with Crippen molar-refractivity contribution in [3.05, 3.63) is 29.8 Å². The first-order valence-electron chi connectivity index (χ1n) is 7.49. The van der Waals surface area contributed by atoms with E-state index in [-0.39, 0.29) is 5.91 Å². The number of hydrogen-bond acceptors (Lipinski definition) is 3. The molecule has 0 saturated carbocycles. The van der Waals surface area contributed by atoms with Gasteiger partial charge in [-0.05, 0) is 37.1 Å². The molecule has 1 amide bonds. The SMILES string of the molecule is CCc1ccc(N(C)CC(=O)N2CCCNCC2)cc1. The molecule has 4 nitrogen and oxygen atoms in total. The van der Waals surface area contributed by atoms with E-state index in [9.17, 15) is 4.79 Å². The molecular weight excluding hydrogens is 250 g/mol. The van der Waals surface area contributed by atoms with Gasteiger partial charge in [-0.3, -0.25) is 4.79 Å². The van der Waals surface area contributed by atoms with Crippen LogP contribution in [0.2, 0.25) is 0 Å². The zero-order valence-corrected chi connectivity index (χ0v) is 12.6.